The molecule has 1 aromatic carbocycles. The van der Waals surface area contributed by atoms with Gasteiger partial charge in [0.1, 0.15) is 5.60 Å². The Hall–Kier alpha value is -1.02. The SMILES string of the molecule is CCC(CC)(CC)OOc1ccc(C(C)C)cc1. The van der Waals surface area contributed by atoms with Gasteiger partial charge in [0.05, 0.1) is 0 Å². The van der Waals surface area contributed by atoms with Crippen molar-refractivity contribution >= 4 is 0 Å². The minimum Gasteiger partial charge on any atom is -0.337 e. The summed E-state index contributed by atoms with van der Waals surface area (Å²) in [6, 6.07) is 8.13. The molecule has 102 valence electrons. The summed E-state index contributed by atoms with van der Waals surface area (Å²) >= 11 is 0. The molecule has 18 heavy (non-hydrogen) atoms. The second-order valence-electron chi connectivity index (χ2n) is 5.13. The molecule has 0 N–H and O–H groups in total. The maximum atomic E-state index is 5.66. The van der Waals surface area contributed by atoms with E-state index in [9.17, 15) is 0 Å². The van der Waals surface area contributed by atoms with E-state index >= 15 is 0 Å². The molecule has 2 nitrogen and oxygen atoms in total. The van der Waals surface area contributed by atoms with Crippen LogP contribution in [0.15, 0.2) is 24.3 Å². The summed E-state index contributed by atoms with van der Waals surface area (Å²) in [6.07, 6.45) is 2.89. The second kappa shape index (κ2) is 6.79. The van der Waals surface area contributed by atoms with Crippen molar-refractivity contribution in [1.29, 1.82) is 0 Å². The number of hydrogen-bond donors (Lipinski definition) is 0. The minimum absolute atomic E-state index is 0.156. The van der Waals surface area contributed by atoms with Gasteiger partial charge in [0, 0.05) is 0 Å². The van der Waals surface area contributed by atoms with Crippen molar-refractivity contribution in [2.75, 3.05) is 0 Å². The van der Waals surface area contributed by atoms with Gasteiger partial charge in [0.25, 0.3) is 0 Å². The first-order valence-corrected chi connectivity index (χ1v) is 7.02. The van der Waals surface area contributed by atoms with Crippen molar-refractivity contribution in [3.8, 4) is 5.75 Å². The molecule has 0 unspecified atom stereocenters. The Balaban J connectivity index is 2.62. The highest BCUT2D eigenvalue weighted by Gasteiger charge is 2.27. The van der Waals surface area contributed by atoms with Crippen molar-refractivity contribution in [3.05, 3.63) is 29.8 Å². The van der Waals surface area contributed by atoms with Crippen LogP contribution in [-0.2, 0) is 4.89 Å². The zero-order valence-corrected chi connectivity index (χ0v) is 12.3. The minimum atomic E-state index is -0.156. The number of hydrogen-bond acceptors (Lipinski definition) is 2. The first-order valence-electron chi connectivity index (χ1n) is 7.02. The molecule has 0 aliphatic carbocycles. The van der Waals surface area contributed by atoms with Crippen LogP contribution in [-0.4, -0.2) is 5.60 Å². The zero-order chi connectivity index (χ0) is 13.6. The lowest BCUT2D eigenvalue weighted by molar-refractivity contribution is -0.295. The van der Waals surface area contributed by atoms with E-state index in [1.165, 1.54) is 5.56 Å². The monoisotopic (exact) mass is 250 g/mol. The Morgan fingerprint density at radius 1 is 0.944 bits per heavy atom. The van der Waals surface area contributed by atoms with Gasteiger partial charge in [-0.1, -0.05) is 46.8 Å². The average molecular weight is 250 g/mol. The van der Waals surface area contributed by atoms with Crippen LogP contribution in [0.2, 0.25) is 0 Å². The van der Waals surface area contributed by atoms with Crippen LogP contribution in [0.25, 0.3) is 0 Å². The third-order valence-electron chi connectivity index (χ3n) is 3.79. The largest absolute Gasteiger partial charge is 0.337 e. The van der Waals surface area contributed by atoms with E-state index in [2.05, 4.69) is 46.8 Å². The van der Waals surface area contributed by atoms with E-state index in [0.717, 1.165) is 25.0 Å². The smallest absolute Gasteiger partial charge is 0.165 e. The topological polar surface area (TPSA) is 18.5 Å². The molecule has 1 aromatic rings. The first kappa shape index (κ1) is 15.0. The van der Waals surface area contributed by atoms with Crippen LogP contribution >= 0.6 is 0 Å². The Bertz CT molecular complexity index is 328. The zero-order valence-electron chi connectivity index (χ0n) is 12.3. The van der Waals surface area contributed by atoms with Gasteiger partial charge >= 0.3 is 0 Å². The van der Waals surface area contributed by atoms with Crippen LogP contribution in [0.1, 0.15) is 65.4 Å². The Morgan fingerprint density at radius 3 is 1.83 bits per heavy atom. The van der Waals surface area contributed by atoms with Crippen LogP contribution in [0, 0.1) is 0 Å². The van der Waals surface area contributed by atoms with E-state index in [4.69, 9.17) is 9.78 Å². The fraction of sp³-hybridized carbons (Fsp3) is 0.625. The highest BCUT2D eigenvalue weighted by molar-refractivity contribution is 5.28. The van der Waals surface area contributed by atoms with E-state index in [1.54, 1.807) is 0 Å². The number of benzene rings is 1. The number of rotatable bonds is 7. The molecule has 0 radical (unpaired) electrons. The van der Waals surface area contributed by atoms with E-state index in [-0.39, 0.29) is 5.60 Å². The van der Waals surface area contributed by atoms with Gasteiger partial charge in [-0.25, -0.2) is 0 Å². The van der Waals surface area contributed by atoms with Crippen molar-refractivity contribution in [2.45, 2.75) is 65.4 Å². The van der Waals surface area contributed by atoms with Crippen molar-refractivity contribution in [1.82, 2.24) is 0 Å². The first-order chi connectivity index (χ1) is 8.56. The van der Waals surface area contributed by atoms with Gasteiger partial charge in [-0.15, -0.1) is 0 Å². The third-order valence-corrected chi connectivity index (χ3v) is 3.79. The quantitative estimate of drug-likeness (QED) is 0.495. The molecule has 1 rings (SSSR count). The maximum Gasteiger partial charge on any atom is 0.165 e. The molecule has 0 atom stereocenters. The summed E-state index contributed by atoms with van der Waals surface area (Å²) in [5.74, 6) is 1.32. The molecule has 2 heteroatoms. The van der Waals surface area contributed by atoms with E-state index < -0.39 is 0 Å². The summed E-state index contributed by atoms with van der Waals surface area (Å²) in [6.45, 7) is 10.8. The molecule has 0 saturated heterocycles. The van der Waals surface area contributed by atoms with Crippen LogP contribution in [0.3, 0.4) is 0 Å². The lowest BCUT2D eigenvalue weighted by atomic mass is 9.95. The van der Waals surface area contributed by atoms with Crippen molar-refractivity contribution in [2.24, 2.45) is 0 Å². The summed E-state index contributed by atoms with van der Waals surface area (Å²) in [5.41, 5.74) is 1.16. The molecule has 0 bridgehead atoms. The molecule has 0 saturated carbocycles. The lowest BCUT2D eigenvalue weighted by Gasteiger charge is -2.28. The fourth-order valence-corrected chi connectivity index (χ4v) is 1.97. The van der Waals surface area contributed by atoms with Gasteiger partial charge in [-0.05, 0) is 42.9 Å². The second-order valence-corrected chi connectivity index (χ2v) is 5.13. The van der Waals surface area contributed by atoms with Gasteiger partial charge in [0.15, 0.2) is 5.75 Å². The molecule has 0 heterocycles. The van der Waals surface area contributed by atoms with Crippen LogP contribution in [0.5, 0.6) is 5.75 Å². The average Bonchev–Trinajstić information content (AvgIpc) is 2.41. The Kier molecular flexibility index (Phi) is 5.67. The third kappa shape index (κ3) is 3.74. The van der Waals surface area contributed by atoms with E-state index in [1.807, 2.05) is 12.1 Å². The van der Waals surface area contributed by atoms with Gasteiger partial charge in [-0.2, -0.15) is 4.89 Å². The Labute approximate surface area is 111 Å². The lowest BCUT2D eigenvalue weighted by Crippen LogP contribution is -2.31. The van der Waals surface area contributed by atoms with Crippen molar-refractivity contribution in [3.63, 3.8) is 0 Å². The molecule has 0 spiro atoms. The van der Waals surface area contributed by atoms with Crippen molar-refractivity contribution < 1.29 is 9.78 Å². The predicted octanol–water partition coefficient (Wildman–Crippen LogP) is 5.09. The van der Waals surface area contributed by atoms with Gasteiger partial charge < -0.3 is 4.89 Å². The summed E-state index contributed by atoms with van der Waals surface area (Å²) in [7, 11) is 0. The molecule has 0 aliphatic heterocycles. The maximum absolute atomic E-state index is 5.66. The normalized spacial score (nSPS) is 11.9. The molecule has 0 amide bonds. The Morgan fingerprint density at radius 2 is 1.44 bits per heavy atom. The highest BCUT2D eigenvalue weighted by atomic mass is 17.2. The summed E-state index contributed by atoms with van der Waals surface area (Å²) < 4.78 is 0. The standard InChI is InChI=1S/C16H26O2/c1-6-16(7-2,8-3)18-17-15-11-9-14(10-12-15)13(4)5/h9-13H,6-8H2,1-5H3. The summed E-state index contributed by atoms with van der Waals surface area (Å²) in [5, 5.41) is 0. The van der Waals surface area contributed by atoms with Crippen LogP contribution < -0.4 is 4.89 Å². The van der Waals surface area contributed by atoms with Gasteiger partial charge in [-0.3, -0.25) is 0 Å². The molecule has 0 fully saturated rings. The van der Waals surface area contributed by atoms with Crippen LogP contribution in [0.4, 0.5) is 0 Å². The highest BCUT2D eigenvalue weighted by Crippen LogP contribution is 2.26. The van der Waals surface area contributed by atoms with Gasteiger partial charge in [0.2, 0.25) is 0 Å². The predicted molar refractivity (Wildman–Crippen MR) is 75.8 cm³/mol. The summed E-state index contributed by atoms with van der Waals surface area (Å²) in [4.78, 5) is 11.1. The molecule has 0 aromatic heterocycles. The molecule has 0 aliphatic rings. The van der Waals surface area contributed by atoms with E-state index in [0.29, 0.717) is 5.92 Å². The molecular formula is C16H26O2. The fourth-order valence-electron chi connectivity index (χ4n) is 1.97. The molecular weight excluding hydrogens is 224 g/mol.